The molecule has 0 aromatic heterocycles. The molecular weight excluding hydrogens is 243 g/mol. The van der Waals surface area contributed by atoms with E-state index in [2.05, 4.69) is 5.32 Å². The molecule has 0 radical (unpaired) electrons. The Bertz CT molecular complexity index is 301. The van der Waals surface area contributed by atoms with Gasteiger partial charge in [0.1, 0.15) is 0 Å². The van der Waals surface area contributed by atoms with Crippen LogP contribution in [0.4, 0.5) is 4.39 Å². The highest BCUT2D eigenvalue weighted by molar-refractivity contribution is 7.88. The molecule has 1 heterocycles. The second kappa shape index (κ2) is 7.28. The number of rotatable bonds is 7. The van der Waals surface area contributed by atoms with Gasteiger partial charge in [0, 0.05) is 19.1 Å². The van der Waals surface area contributed by atoms with Crippen LogP contribution in [0.3, 0.4) is 0 Å². The highest BCUT2D eigenvalue weighted by Gasteiger charge is 2.24. The molecule has 1 fully saturated rings. The van der Waals surface area contributed by atoms with Gasteiger partial charge >= 0.3 is 0 Å². The van der Waals surface area contributed by atoms with E-state index >= 15 is 0 Å². The topological polar surface area (TPSA) is 49.4 Å². The maximum atomic E-state index is 11.8. The van der Waals surface area contributed by atoms with Crippen LogP contribution in [-0.4, -0.2) is 51.3 Å². The summed E-state index contributed by atoms with van der Waals surface area (Å²) in [6.45, 7) is 1.90. The summed E-state index contributed by atoms with van der Waals surface area (Å²) in [5.41, 5.74) is 0. The number of nitrogens with zero attached hydrogens (tertiary/aromatic N) is 1. The number of unbranched alkanes of at least 4 members (excludes halogenated alkanes) is 2. The first kappa shape index (κ1) is 14.9. The molecule has 0 saturated carbocycles. The number of nitrogens with one attached hydrogen (secondary N) is 1. The van der Waals surface area contributed by atoms with E-state index in [1.165, 1.54) is 10.6 Å². The normalized spacial score (nSPS) is 19.6. The van der Waals surface area contributed by atoms with Crippen LogP contribution in [0.2, 0.25) is 0 Å². The second-order valence-corrected chi connectivity index (χ2v) is 6.62. The number of alkyl halides is 1. The molecule has 0 bridgehead atoms. The van der Waals surface area contributed by atoms with Crippen LogP contribution < -0.4 is 5.32 Å². The molecule has 4 nitrogen and oxygen atoms in total. The first-order valence-electron chi connectivity index (χ1n) is 6.28. The lowest BCUT2D eigenvalue weighted by atomic mass is 10.1. The average Bonchev–Trinajstić information content (AvgIpc) is 2.28. The largest absolute Gasteiger partial charge is 0.314 e. The smallest absolute Gasteiger partial charge is 0.211 e. The lowest BCUT2D eigenvalue weighted by Crippen LogP contribution is -2.44. The van der Waals surface area contributed by atoms with Gasteiger partial charge in [-0.15, -0.1) is 0 Å². The van der Waals surface area contributed by atoms with Gasteiger partial charge in [0.05, 0.1) is 12.9 Å². The molecule has 0 unspecified atom stereocenters. The molecule has 0 atom stereocenters. The van der Waals surface area contributed by atoms with Crippen molar-refractivity contribution in [2.75, 3.05) is 32.6 Å². The zero-order valence-corrected chi connectivity index (χ0v) is 11.3. The third-order valence-corrected chi connectivity index (χ3v) is 4.47. The molecule has 1 rings (SSSR count). The summed E-state index contributed by atoms with van der Waals surface area (Å²) in [5.74, 6) is 0. The van der Waals surface area contributed by atoms with Crippen molar-refractivity contribution < 1.29 is 12.8 Å². The summed E-state index contributed by atoms with van der Waals surface area (Å²) in [6, 6.07) is 0.415. The number of piperidine rings is 1. The van der Waals surface area contributed by atoms with E-state index in [-0.39, 0.29) is 6.67 Å². The van der Waals surface area contributed by atoms with Gasteiger partial charge in [-0.25, -0.2) is 12.7 Å². The van der Waals surface area contributed by atoms with Gasteiger partial charge in [0.25, 0.3) is 0 Å². The molecular formula is C11H23FN2O2S. The van der Waals surface area contributed by atoms with E-state index in [9.17, 15) is 12.8 Å². The standard InChI is InChI=1S/C11H23FN2O2S/c1-17(15,16)14-9-5-11(6-10-14)13-8-4-2-3-7-12/h11,13H,2-10H2,1H3. The van der Waals surface area contributed by atoms with Crippen LogP contribution in [-0.2, 0) is 10.0 Å². The fraction of sp³-hybridized carbons (Fsp3) is 1.00. The molecule has 0 spiro atoms. The fourth-order valence-corrected chi connectivity index (χ4v) is 2.97. The van der Waals surface area contributed by atoms with Crippen molar-refractivity contribution in [2.45, 2.75) is 38.1 Å². The van der Waals surface area contributed by atoms with Gasteiger partial charge in [0.15, 0.2) is 0 Å². The number of hydrogen-bond acceptors (Lipinski definition) is 3. The quantitative estimate of drug-likeness (QED) is 0.703. The molecule has 102 valence electrons. The predicted molar refractivity (Wildman–Crippen MR) is 67.3 cm³/mol. The Morgan fingerprint density at radius 2 is 1.88 bits per heavy atom. The Kier molecular flexibility index (Phi) is 6.37. The molecule has 0 aromatic rings. The second-order valence-electron chi connectivity index (χ2n) is 4.64. The first-order chi connectivity index (χ1) is 8.04. The monoisotopic (exact) mass is 266 g/mol. The van der Waals surface area contributed by atoms with E-state index in [4.69, 9.17) is 0 Å². The van der Waals surface area contributed by atoms with Crippen LogP contribution >= 0.6 is 0 Å². The molecule has 0 aromatic carbocycles. The minimum Gasteiger partial charge on any atom is -0.314 e. The SMILES string of the molecule is CS(=O)(=O)N1CCC(NCCCCCF)CC1. The minimum absolute atomic E-state index is 0.229. The molecule has 0 aliphatic carbocycles. The van der Waals surface area contributed by atoms with E-state index in [1.54, 1.807) is 0 Å². The molecule has 1 N–H and O–H groups in total. The summed E-state index contributed by atoms with van der Waals surface area (Å²) < 4.78 is 36.0. The van der Waals surface area contributed by atoms with Gasteiger partial charge in [-0.2, -0.15) is 0 Å². The highest BCUT2D eigenvalue weighted by atomic mass is 32.2. The minimum atomic E-state index is -3.02. The van der Waals surface area contributed by atoms with Gasteiger partial charge in [-0.1, -0.05) is 0 Å². The molecule has 1 aliphatic rings. The summed E-state index contributed by atoms with van der Waals surface area (Å²) >= 11 is 0. The third-order valence-electron chi connectivity index (χ3n) is 3.17. The van der Waals surface area contributed by atoms with E-state index in [0.717, 1.165) is 32.2 Å². The van der Waals surface area contributed by atoms with Gasteiger partial charge in [0.2, 0.25) is 10.0 Å². The summed E-state index contributed by atoms with van der Waals surface area (Å²) in [5, 5.41) is 3.41. The van der Waals surface area contributed by atoms with Crippen LogP contribution in [0, 0.1) is 0 Å². The lowest BCUT2D eigenvalue weighted by molar-refractivity contribution is 0.289. The number of sulfonamides is 1. The van der Waals surface area contributed by atoms with Gasteiger partial charge < -0.3 is 5.32 Å². The summed E-state index contributed by atoms with van der Waals surface area (Å²) in [7, 11) is -3.02. The number of halogens is 1. The van der Waals surface area contributed by atoms with Crippen molar-refractivity contribution in [1.29, 1.82) is 0 Å². The van der Waals surface area contributed by atoms with Crippen molar-refractivity contribution in [3.8, 4) is 0 Å². The first-order valence-corrected chi connectivity index (χ1v) is 8.13. The highest BCUT2D eigenvalue weighted by Crippen LogP contribution is 2.13. The Hall–Kier alpha value is -0.200. The Morgan fingerprint density at radius 1 is 1.24 bits per heavy atom. The predicted octanol–water partition coefficient (Wildman–Crippen LogP) is 1.14. The van der Waals surface area contributed by atoms with Gasteiger partial charge in [-0.3, -0.25) is 4.39 Å². The zero-order valence-electron chi connectivity index (χ0n) is 10.5. The molecule has 0 amide bonds. The fourth-order valence-electron chi connectivity index (χ4n) is 2.09. The zero-order chi connectivity index (χ0) is 12.7. The van der Waals surface area contributed by atoms with Crippen LogP contribution in [0.1, 0.15) is 32.1 Å². The van der Waals surface area contributed by atoms with Crippen LogP contribution in [0.5, 0.6) is 0 Å². The van der Waals surface area contributed by atoms with E-state index < -0.39 is 10.0 Å². The van der Waals surface area contributed by atoms with Crippen molar-refractivity contribution in [2.24, 2.45) is 0 Å². The van der Waals surface area contributed by atoms with Crippen molar-refractivity contribution in [3.63, 3.8) is 0 Å². The molecule has 17 heavy (non-hydrogen) atoms. The van der Waals surface area contributed by atoms with Gasteiger partial charge in [-0.05, 0) is 38.6 Å². The molecule has 6 heteroatoms. The van der Waals surface area contributed by atoms with Crippen LogP contribution in [0.25, 0.3) is 0 Å². The molecule has 1 saturated heterocycles. The lowest BCUT2D eigenvalue weighted by Gasteiger charge is -2.30. The maximum absolute atomic E-state index is 11.8. The summed E-state index contributed by atoms with van der Waals surface area (Å²) in [4.78, 5) is 0. The Labute approximate surface area is 104 Å². The van der Waals surface area contributed by atoms with Crippen molar-refractivity contribution >= 4 is 10.0 Å². The average molecular weight is 266 g/mol. The van der Waals surface area contributed by atoms with Crippen molar-refractivity contribution in [1.82, 2.24) is 9.62 Å². The summed E-state index contributed by atoms with van der Waals surface area (Å²) in [6.07, 6.45) is 5.57. The maximum Gasteiger partial charge on any atom is 0.211 e. The number of hydrogen-bond donors (Lipinski definition) is 1. The Balaban J connectivity index is 2.11. The van der Waals surface area contributed by atoms with E-state index in [0.29, 0.717) is 25.6 Å². The third kappa shape index (κ3) is 5.79. The molecule has 1 aliphatic heterocycles. The van der Waals surface area contributed by atoms with Crippen LogP contribution in [0.15, 0.2) is 0 Å². The van der Waals surface area contributed by atoms with Crippen molar-refractivity contribution in [3.05, 3.63) is 0 Å². The Morgan fingerprint density at radius 3 is 2.41 bits per heavy atom. The van der Waals surface area contributed by atoms with E-state index in [1.807, 2.05) is 0 Å².